The van der Waals surface area contributed by atoms with E-state index in [1.165, 1.54) is 50.3 Å². The minimum atomic E-state index is -0.0184. The third kappa shape index (κ3) is 5.89. The molecule has 7 heteroatoms. The van der Waals surface area contributed by atoms with Gasteiger partial charge >= 0.3 is 0 Å². The number of hydrogen-bond donors (Lipinski definition) is 0. The van der Waals surface area contributed by atoms with Crippen molar-refractivity contribution in [3.63, 3.8) is 0 Å². The molecule has 3 aliphatic rings. The molecule has 0 unspecified atom stereocenters. The van der Waals surface area contributed by atoms with Crippen LogP contribution in [0.25, 0.3) is 6.08 Å². The summed E-state index contributed by atoms with van der Waals surface area (Å²) >= 11 is 8.04. The summed E-state index contributed by atoms with van der Waals surface area (Å²) in [4.78, 5) is 21.4. The lowest BCUT2D eigenvalue weighted by Gasteiger charge is -2.31. The Labute approximate surface area is 206 Å². The zero-order valence-electron chi connectivity index (χ0n) is 19.9. The van der Waals surface area contributed by atoms with Crippen LogP contribution in [0.2, 0.25) is 5.02 Å². The molecule has 1 saturated heterocycles. The molecule has 0 radical (unpaired) electrons. The van der Waals surface area contributed by atoms with Gasteiger partial charge < -0.3 is 9.47 Å². The first-order valence-corrected chi connectivity index (χ1v) is 13.5. The minimum absolute atomic E-state index is 0.0184. The highest BCUT2D eigenvalue weighted by molar-refractivity contribution is 8.18. The van der Waals surface area contributed by atoms with Crippen molar-refractivity contribution in [2.24, 2.45) is 4.99 Å². The number of carbonyl (C=O) groups excluding carboxylic acids is 1. The number of halogens is 1. The predicted octanol–water partition coefficient (Wildman–Crippen LogP) is 7.07. The van der Waals surface area contributed by atoms with Crippen LogP contribution in [0.1, 0.15) is 83.6 Å². The van der Waals surface area contributed by atoms with Gasteiger partial charge in [0, 0.05) is 6.04 Å². The Balaban J connectivity index is 1.65. The maximum atomic E-state index is 13.6. The molecule has 4 rings (SSSR count). The highest BCUT2D eigenvalue weighted by Gasteiger charge is 2.39. The van der Waals surface area contributed by atoms with Gasteiger partial charge in [-0.05, 0) is 75.1 Å². The molecule has 1 heterocycles. The fraction of sp³-hybridized carbons (Fsp3) is 0.615. The van der Waals surface area contributed by atoms with Gasteiger partial charge in [-0.3, -0.25) is 14.7 Å². The van der Waals surface area contributed by atoms with Gasteiger partial charge in [0.05, 0.1) is 29.2 Å². The average molecular weight is 491 g/mol. The van der Waals surface area contributed by atoms with Crippen LogP contribution in [0.15, 0.2) is 22.0 Å². The van der Waals surface area contributed by atoms with Crippen LogP contribution < -0.4 is 9.47 Å². The van der Waals surface area contributed by atoms with Crippen LogP contribution in [-0.2, 0) is 4.79 Å². The first-order chi connectivity index (χ1) is 16.0. The Morgan fingerprint density at radius 2 is 1.76 bits per heavy atom. The lowest BCUT2D eigenvalue weighted by atomic mass is 9.94. The Bertz CT molecular complexity index is 918. The molecule has 3 fully saturated rings. The fourth-order valence-corrected chi connectivity index (χ4v) is 6.30. The number of carbonyl (C=O) groups is 1. The monoisotopic (exact) mass is 490 g/mol. The van der Waals surface area contributed by atoms with Crippen LogP contribution in [0, 0.1) is 0 Å². The van der Waals surface area contributed by atoms with Gasteiger partial charge in [-0.15, -0.1) is 0 Å². The van der Waals surface area contributed by atoms with Gasteiger partial charge in [-0.25, -0.2) is 0 Å². The van der Waals surface area contributed by atoms with Gasteiger partial charge in [0.15, 0.2) is 16.7 Å². The number of amidine groups is 1. The summed E-state index contributed by atoms with van der Waals surface area (Å²) in [5.74, 6) is 1.17. The maximum Gasteiger partial charge on any atom is 0.266 e. The van der Waals surface area contributed by atoms with Crippen LogP contribution in [0.3, 0.4) is 0 Å². The van der Waals surface area contributed by atoms with Crippen LogP contribution in [-0.4, -0.2) is 41.3 Å². The van der Waals surface area contributed by atoms with Crippen LogP contribution in [0.4, 0.5) is 0 Å². The van der Waals surface area contributed by atoms with Crippen molar-refractivity contribution >= 4 is 40.5 Å². The molecule has 0 N–H and O–H groups in total. The summed E-state index contributed by atoms with van der Waals surface area (Å²) in [6.45, 7) is 3.90. The van der Waals surface area contributed by atoms with E-state index in [1.807, 2.05) is 37.0 Å². The SMILES string of the molecule is COc1cc(C=C2SC(=NC3CCCCC3)N(C3CCCCC3)C2=O)cc(Cl)c1OC(C)C. The van der Waals surface area contributed by atoms with E-state index < -0.39 is 0 Å². The number of hydrogen-bond acceptors (Lipinski definition) is 5. The lowest BCUT2D eigenvalue weighted by molar-refractivity contribution is -0.124. The molecule has 1 amide bonds. The first kappa shape index (κ1) is 24.5. The highest BCUT2D eigenvalue weighted by Crippen LogP contribution is 2.41. The lowest BCUT2D eigenvalue weighted by Crippen LogP contribution is -2.41. The minimum Gasteiger partial charge on any atom is -0.493 e. The molecular weight excluding hydrogens is 456 g/mol. The van der Waals surface area contributed by atoms with Crippen LogP contribution in [0.5, 0.6) is 11.5 Å². The quantitative estimate of drug-likeness (QED) is 0.400. The van der Waals surface area contributed by atoms with E-state index in [-0.39, 0.29) is 18.1 Å². The highest BCUT2D eigenvalue weighted by atomic mass is 35.5. The van der Waals surface area contributed by atoms with Gasteiger partial charge in [0.1, 0.15) is 0 Å². The summed E-state index contributed by atoms with van der Waals surface area (Å²) in [6, 6.07) is 4.31. The summed E-state index contributed by atoms with van der Waals surface area (Å²) in [6.07, 6.45) is 13.6. The number of nitrogens with zero attached hydrogens (tertiary/aromatic N) is 2. The van der Waals surface area contributed by atoms with Crippen molar-refractivity contribution in [2.45, 2.75) is 96.2 Å². The molecule has 0 spiro atoms. The average Bonchev–Trinajstić information content (AvgIpc) is 3.10. The normalized spacial score (nSPS) is 23.2. The summed E-state index contributed by atoms with van der Waals surface area (Å²) in [7, 11) is 1.60. The zero-order chi connectivity index (χ0) is 23.4. The predicted molar refractivity (Wildman–Crippen MR) is 137 cm³/mol. The Kier molecular flexibility index (Phi) is 8.29. The van der Waals surface area contributed by atoms with Gasteiger partial charge in [-0.1, -0.05) is 50.1 Å². The van der Waals surface area contributed by atoms with E-state index in [9.17, 15) is 4.79 Å². The molecule has 33 heavy (non-hydrogen) atoms. The molecule has 180 valence electrons. The largest absolute Gasteiger partial charge is 0.493 e. The number of methoxy groups -OCH3 is 1. The Hall–Kier alpha value is -1.66. The summed E-state index contributed by atoms with van der Waals surface area (Å²) in [5.41, 5.74) is 0.825. The second kappa shape index (κ2) is 11.2. The Morgan fingerprint density at radius 3 is 2.39 bits per heavy atom. The standard InChI is InChI=1S/C26H35ClN2O3S/c1-17(2)32-24-21(27)14-18(15-22(24)31-3)16-23-25(30)29(20-12-8-5-9-13-20)26(33-23)28-19-10-6-4-7-11-19/h14-17,19-20H,4-13H2,1-3H3. The zero-order valence-corrected chi connectivity index (χ0v) is 21.5. The molecule has 5 nitrogen and oxygen atoms in total. The number of aliphatic imine (C=N–C) groups is 1. The molecule has 1 aromatic rings. The number of amides is 1. The molecule has 0 bridgehead atoms. The van der Waals surface area contributed by atoms with E-state index in [1.54, 1.807) is 7.11 Å². The van der Waals surface area contributed by atoms with Gasteiger partial charge in [-0.2, -0.15) is 0 Å². The van der Waals surface area contributed by atoms with E-state index in [0.29, 0.717) is 27.5 Å². The molecule has 2 saturated carbocycles. The van der Waals surface area contributed by atoms with Crippen LogP contribution >= 0.6 is 23.4 Å². The van der Waals surface area contributed by atoms with Crippen molar-refractivity contribution in [3.05, 3.63) is 27.6 Å². The van der Waals surface area contributed by atoms with Crippen molar-refractivity contribution in [3.8, 4) is 11.5 Å². The van der Waals surface area contributed by atoms with Crippen molar-refractivity contribution in [2.75, 3.05) is 7.11 Å². The van der Waals surface area contributed by atoms with Gasteiger partial charge in [0.25, 0.3) is 5.91 Å². The third-order valence-corrected chi connectivity index (χ3v) is 7.83. The molecule has 1 aromatic carbocycles. The maximum absolute atomic E-state index is 13.6. The van der Waals surface area contributed by atoms with Gasteiger partial charge in [0.2, 0.25) is 0 Å². The summed E-state index contributed by atoms with van der Waals surface area (Å²) in [5, 5.41) is 1.37. The smallest absolute Gasteiger partial charge is 0.266 e. The fourth-order valence-electron chi connectivity index (χ4n) is 4.93. The second-order valence-corrected chi connectivity index (χ2v) is 10.9. The van der Waals surface area contributed by atoms with E-state index in [0.717, 1.165) is 36.4 Å². The third-order valence-electron chi connectivity index (χ3n) is 6.55. The number of ether oxygens (including phenoxy) is 2. The first-order valence-electron chi connectivity index (χ1n) is 12.3. The second-order valence-electron chi connectivity index (χ2n) is 9.48. The Morgan fingerprint density at radius 1 is 1.09 bits per heavy atom. The molecule has 0 aromatic heterocycles. The molecular formula is C26H35ClN2O3S. The molecule has 2 aliphatic carbocycles. The molecule has 0 atom stereocenters. The topological polar surface area (TPSA) is 51.1 Å². The van der Waals surface area contributed by atoms with Crippen molar-refractivity contribution in [1.82, 2.24) is 4.90 Å². The van der Waals surface area contributed by atoms with E-state index >= 15 is 0 Å². The van der Waals surface area contributed by atoms with Crippen molar-refractivity contribution in [1.29, 1.82) is 0 Å². The summed E-state index contributed by atoms with van der Waals surface area (Å²) < 4.78 is 11.4. The molecule has 1 aliphatic heterocycles. The number of thioether (sulfide) groups is 1. The van der Waals surface area contributed by atoms with Crippen molar-refractivity contribution < 1.29 is 14.3 Å². The van der Waals surface area contributed by atoms with E-state index in [2.05, 4.69) is 0 Å². The number of benzene rings is 1. The van der Waals surface area contributed by atoms with E-state index in [4.69, 9.17) is 26.1 Å². The number of rotatable bonds is 6.